The Morgan fingerprint density at radius 3 is 2.14 bits per heavy atom. The summed E-state index contributed by atoms with van der Waals surface area (Å²) in [6.07, 6.45) is 0. The molecular formula is C25H27N3O4S3. The van der Waals surface area contributed by atoms with Crippen molar-refractivity contribution in [3.8, 4) is 0 Å². The van der Waals surface area contributed by atoms with Gasteiger partial charge in [0.2, 0.25) is 15.9 Å². The van der Waals surface area contributed by atoms with E-state index >= 15 is 0 Å². The lowest BCUT2D eigenvalue weighted by Crippen LogP contribution is -2.36. The molecule has 0 fully saturated rings. The number of rotatable bonds is 9. The molecule has 2 atom stereocenters. The molecule has 0 aliphatic carbocycles. The third-order valence-corrected chi connectivity index (χ3v) is 9.37. The fourth-order valence-electron chi connectivity index (χ4n) is 3.30. The van der Waals surface area contributed by atoms with Gasteiger partial charge in [0.15, 0.2) is 0 Å². The number of benzene rings is 3. The molecule has 0 heterocycles. The predicted molar refractivity (Wildman–Crippen MR) is 143 cm³/mol. The first-order chi connectivity index (χ1) is 16.6. The van der Waals surface area contributed by atoms with Crippen molar-refractivity contribution in [2.24, 2.45) is 5.14 Å². The number of carbonyl (C=O) groups excluding carboxylic acids is 2. The summed E-state index contributed by atoms with van der Waals surface area (Å²) in [6.45, 7) is 3.56. The molecule has 3 aromatic rings. The number of anilines is 1. The molecule has 0 aliphatic rings. The van der Waals surface area contributed by atoms with E-state index in [-0.39, 0.29) is 28.0 Å². The molecule has 3 rings (SSSR count). The van der Waals surface area contributed by atoms with Crippen LogP contribution in [0.25, 0.3) is 0 Å². The van der Waals surface area contributed by atoms with Gasteiger partial charge in [0, 0.05) is 30.6 Å². The normalized spacial score (nSPS) is 13.0. The maximum Gasteiger partial charge on any atom is 0.256 e. The van der Waals surface area contributed by atoms with Gasteiger partial charge >= 0.3 is 0 Å². The van der Waals surface area contributed by atoms with Crippen LogP contribution in [0.15, 0.2) is 88.7 Å². The highest BCUT2D eigenvalue weighted by Gasteiger charge is 2.26. The van der Waals surface area contributed by atoms with E-state index in [1.54, 1.807) is 41.8 Å². The van der Waals surface area contributed by atoms with E-state index in [0.717, 1.165) is 10.5 Å². The highest BCUT2D eigenvalue weighted by molar-refractivity contribution is 8.76. The van der Waals surface area contributed by atoms with Crippen molar-refractivity contribution in [2.75, 3.05) is 12.4 Å². The zero-order chi connectivity index (χ0) is 25.6. The van der Waals surface area contributed by atoms with Crippen molar-refractivity contribution in [1.82, 2.24) is 4.90 Å². The first-order valence-corrected chi connectivity index (χ1v) is 14.5. The number of likely N-dealkylation sites (N-methyl/N-ethyl adjacent to an activating group) is 1. The van der Waals surface area contributed by atoms with E-state index in [1.807, 2.05) is 49.4 Å². The van der Waals surface area contributed by atoms with E-state index in [2.05, 4.69) is 5.32 Å². The SMILES string of the molecule is CC(=O)N(C)[C@H](C)C(SSc1ccccc1C(=O)Nc1ccc(S(N)(=O)=O)cc1)c1ccccc1. The van der Waals surface area contributed by atoms with E-state index in [0.29, 0.717) is 11.3 Å². The fourth-order valence-corrected chi connectivity index (χ4v) is 6.90. The monoisotopic (exact) mass is 529 g/mol. The Hall–Kier alpha value is -2.79. The number of sulfonamides is 1. The molecule has 35 heavy (non-hydrogen) atoms. The third kappa shape index (κ3) is 7.11. The first kappa shape index (κ1) is 26.8. The van der Waals surface area contributed by atoms with Crippen LogP contribution in [0.5, 0.6) is 0 Å². The number of primary sulfonamides is 1. The second-order valence-electron chi connectivity index (χ2n) is 7.90. The zero-order valence-electron chi connectivity index (χ0n) is 19.5. The topological polar surface area (TPSA) is 110 Å². The third-order valence-electron chi connectivity index (χ3n) is 5.49. The van der Waals surface area contributed by atoms with Gasteiger partial charge in [-0.1, -0.05) is 64.1 Å². The predicted octanol–water partition coefficient (Wildman–Crippen LogP) is 4.93. The molecular weight excluding hydrogens is 502 g/mol. The van der Waals surface area contributed by atoms with Gasteiger partial charge in [-0.05, 0) is 48.9 Å². The van der Waals surface area contributed by atoms with Gasteiger partial charge in [0.05, 0.1) is 15.7 Å². The molecule has 3 N–H and O–H groups in total. The quantitative estimate of drug-likeness (QED) is 0.380. The first-order valence-electron chi connectivity index (χ1n) is 10.7. The van der Waals surface area contributed by atoms with Gasteiger partial charge in [-0.25, -0.2) is 13.6 Å². The van der Waals surface area contributed by atoms with Crippen LogP contribution in [0.2, 0.25) is 0 Å². The minimum absolute atomic E-state index is 0.0164. The van der Waals surface area contributed by atoms with Crippen LogP contribution in [0, 0.1) is 0 Å². The van der Waals surface area contributed by atoms with Crippen molar-refractivity contribution in [3.05, 3.63) is 90.0 Å². The summed E-state index contributed by atoms with van der Waals surface area (Å²) in [5, 5.41) is 7.91. The Kier molecular flexibility index (Phi) is 9.01. The summed E-state index contributed by atoms with van der Waals surface area (Å²) in [7, 11) is 1.04. The molecule has 0 radical (unpaired) electrons. The molecule has 0 spiro atoms. The molecule has 3 aromatic carbocycles. The maximum atomic E-state index is 13.0. The van der Waals surface area contributed by atoms with Crippen LogP contribution in [0.1, 0.15) is 35.0 Å². The van der Waals surface area contributed by atoms with Crippen molar-refractivity contribution in [2.45, 2.75) is 34.9 Å². The molecule has 2 amide bonds. The fraction of sp³-hybridized carbons (Fsp3) is 0.200. The Bertz CT molecular complexity index is 1280. The lowest BCUT2D eigenvalue weighted by molar-refractivity contribution is -0.129. The van der Waals surface area contributed by atoms with Gasteiger partial charge in [-0.3, -0.25) is 9.59 Å². The van der Waals surface area contributed by atoms with Crippen molar-refractivity contribution < 1.29 is 18.0 Å². The maximum absolute atomic E-state index is 13.0. The van der Waals surface area contributed by atoms with Crippen molar-refractivity contribution in [1.29, 1.82) is 0 Å². The molecule has 0 bridgehead atoms. The highest BCUT2D eigenvalue weighted by Crippen LogP contribution is 2.46. The van der Waals surface area contributed by atoms with Gasteiger partial charge in [0.1, 0.15) is 0 Å². The van der Waals surface area contributed by atoms with Gasteiger partial charge < -0.3 is 10.2 Å². The summed E-state index contributed by atoms with van der Waals surface area (Å²) in [5.41, 5.74) is 2.02. The largest absolute Gasteiger partial charge is 0.342 e. The van der Waals surface area contributed by atoms with E-state index in [1.165, 1.54) is 35.1 Å². The Morgan fingerprint density at radius 1 is 0.943 bits per heavy atom. The summed E-state index contributed by atoms with van der Waals surface area (Å²) < 4.78 is 22.9. The number of hydrogen-bond acceptors (Lipinski definition) is 6. The van der Waals surface area contributed by atoms with E-state index in [4.69, 9.17) is 5.14 Å². The number of hydrogen-bond donors (Lipinski definition) is 2. The number of nitrogens with zero attached hydrogens (tertiary/aromatic N) is 1. The van der Waals surface area contributed by atoms with Gasteiger partial charge in [0.25, 0.3) is 5.91 Å². The minimum atomic E-state index is -3.81. The number of nitrogens with two attached hydrogens (primary N) is 1. The summed E-state index contributed by atoms with van der Waals surface area (Å²) in [6, 6.07) is 22.8. The Labute approximate surface area is 213 Å². The smallest absolute Gasteiger partial charge is 0.256 e. The molecule has 0 aromatic heterocycles. The minimum Gasteiger partial charge on any atom is -0.342 e. The molecule has 7 nitrogen and oxygen atoms in total. The van der Waals surface area contributed by atoms with Gasteiger partial charge in [-0.2, -0.15) is 0 Å². The number of nitrogens with one attached hydrogen (secondary N) is 1. The standard InChI is InChI=1S/C25H27N3O4S3/c1-17(28(3)18(2)29)24(19-9-5-4-6-10-19)34-33-23-12-8-7-11-22(23)25(30)27-20-13-15-21(16-14-20)35(26,31)32/h4-17,24H,1-3H3,(H,27,30)(H2,26,31,32)/t17-,24?/m1/s1. The summed E-state index contributed by atoms with van der Waals surface area (Å²) in [4.78, 5) is 27.5. The summed E-state index contributed by atoms with van der Waals surface area (Å²) in [5.74, 6) is -0.334. The summed E-state index contributed by atoms with van der Waals surface area (Å²) >= 11 is 0. The van der Waals surface area contributed by atoms with Gasteiger partial charge in [-0.15, -0.1) is 0 Å². The number of amides is 2. The second-order valence-corrected chi connectivity index (χ2v) is 11.8. The lowest BCUT2D eigenvalue weighted by atomic mass is 10.1. The molecule has 0 saturated heterocycles. The zero-order valence-corrected chi connectivity index (χ0v) is 22.0. The molecule has 10 heteroatoms. The molecule has 0 saturated carbocycles. The average Bonchev–Trinajstić information content (AvgIpc) is 2.84. The Balaban J connectivity index is 1.79. The second kappa shape index (κ2) is 11.8. The van der Waals surface area contributed by atoms with Crippen LogP contribution in [0.3, 0.4) is 0 Å². The number of carbonyl (C=O) groups is 2. The van der Waals surface area contributed by atoms with E-state index in [9.17, 15) is 18.0 Å². The average molecular weight is 530 g/mol. The van der Waals surface area contributed by atoms with Crippen molar-refractivity contribution >= 4 is 49.1 Å². The van der Waals surface area contributed by atoms with Crippen LogP contribution >= 0.6 is 21.6 Å². The molecule has 184 valence electrons. The van der Waals surface area contributed by atoms with Crippen LogP contribution in [-0.2, 0) is 14.8 Å². The molecule has 1 unspecified atom stereocenters. The highest BCUT2D eigenvalue weighted by atomic mass is 33.1. The van der Waals surface area contributed by atoms with Crippen LogP contribution < -0.4 is 10.5 Å². The van der Waals surface area contributed by atoms with Crippen LogP contribution in [-0.4, -0.2) is 38.2 Å². The van der Waals surface area contributed by atoms with Crippen LogP contribution in [0.4, 0.5) is 5.69 Å². The van der Waals surface area contributed by atoms with Crippen molar-refractivity contribution in [3.63, 3.8) is 0 Å². The Morgan fingerprint density at radius 2 is 1.54 bits per heavy atom. The van der Waals surface area contributed by atoms with E-state index < -0.39 is 10.0 Å². The molecule has 0 aliphatic heterocycles. The lowest BCUT2D eigenvalue weighted by Gasteiger charge is -2.31.